The van der Waals surface area contributed by atoms with Crippen LogP contribution in [0.25, 0.3) is 5.57 Å². The van der Waals surface area contributed by atoms with Crippen LogP contribution in [0.5, 0.6) is 0 Å². The number of benzene rings is 1. The van der Waals surface area contributed by atoms with E-state index >= 15 is 0 Å². The third-order valence-corrected chi connectivity index (χ3v) is 2.03. The van der Waals surface area contributed by atoms with Crippen molar-refractivity contribution in [2.75, 3.05) is 0 Å². The number of allylic oxidation sites excluding steroid dienone is 1. The van der Waals surface area contributed by atoms with Crippen LogP contribution in [0.3, 0.4) is 0 Å². The summed E-state index contributed by atoms with van der Waals surface area (Å²) in [6.07, 6.45) is 0. The first-order chi connectivity index (χ1) is 7.76. The van der Waals surface area contributed by atoms with Gasteiger partial charge in [-0.3, -0.25) is 5.41 Å². The Labute approximate surface area is 92.8 Å². The van der Waals surface area contributed by atoms with Gasteiger partial charge < -0.3 is 0 Å². The minimum atomic E-state index is -0.802. The van der Waals surface area contributed by atoms with Crippen molar-refractivity contribution in [3.05, 3.63) is 35.4 Å². The van der Waals surface area contributed by atoms with E-state index in [1.807, 2.05) is 24.1 Å². The van der Waals surface area contributed by atoms with Crippen LogP contribution in [-0.2, 0) is 0 Å². The van der Waals surface area contributed by atoms with E-state index < -0.39 is 5.92 Å². The number of nitrogens with zero attached hydrogens (tertiary/aromatic N) is 3. The van der Waals surface area contributed by atoms with Crippen LogP contribution in [0.4, 0.5) is 0 Å². The van der Waals surface area contributed by atoms with E-state index in [4.69, 9.17) is 21.2 Å². The quantitative estimate of drug-likeness (QED) is 0.591. The number of nitrogens with one attached hydrogen (secondary N) is 1. The average molecular weight is 206 g/mol. The monoisotopic (exact) mass is 206 g/mol. The largest absolute Gasteiger partial charge is 0.258 e. The first-order valence-electron chi connectivity index (χ1n) is 4.36. The Hall–Kier alpha value is -2.86. The van der Waals surface area contributed by atoms with Crippen LogP contribution in [0.2, 0.25) is 0 Å². The zero-order chi connectivity index (χ0) is 12.0. The van der Waals surface area contributed by atoms with Crippen molar-refractivity contribution < 1.29 is 0 Å². The molecule has 0 atom stereocenters. The molecule has 74 valence electrons. The molecule has 0 heterocycles. The molecule has 16 heavy (non-hydrogen) atoms. The topological polar surface area (TPSA) is 95.2 Å². The fourth-order valence-corrected chi connectivity index (χ4v) is 1.18. The van der Waals surface area contributed by atoms with Gasteiger partial charge in [0.05, 0.1) is 12.1 Å². The van der Waals surface area contributed by atoms with Crippen molar-refractivity contribution in [3.63, 3.8) is 0 Å². The van der Waals surface area contributed by atoms with Gasteiger partial charge in [-0.1, -0.05) is 24.3 Å². The van der Waals surface area contributed by atoms with Gasteiger partial charge in [-0.2, -0.15) is 15.8 Å². The highest BCUT2D eigenvalue weighted by Gasteiger charge is 2.09. The van der Waals surface area contributed by atoms with Gasteiger partial charge in [-0.05, 0) is 11.4 Å². The van der Waals surface area contributed by atoms with E-state index in [1.54, 1.807) is 24.3 Å². The molecule has 4 heteroatoms. The van der Waals surface area contributed by atoms with Crippen LogP contribution < -0.4 is 0 Å². The number of nitriles is 3. The molecule has 0 unspecified atom stereocenters. The molecule has 0 aliphatic heterocycles. The molecule has 0 saturated carbocycles. The Morgan fingerprint density at radius 2 is 1.62 bits per heavy atom. The Kier molecular flexibility index (Phi) is 3.59. The summed E-state index contributed by atoms with van der Waals surface area (Å²) in [5.74, 6) is 1.22. The second-order valence-electron chi connectivity index (χ2n) is 2.93. The first-order valence-corrected chi connectivity index (χ1v) is 4.36. The Bertz CT molecular complexity index is 543. The summed E-state index contributed by atoms with van der Waals surface area (Å²) in [6.45, 7) is 0. The van der Waals surface area contributed by atoms with Crippen LogP contribution in [0.15, 0.2) is 24.3 Å². The lowest BCUT2D eigenvalue weighted by Gasteiger charge is -2.01. The second kappa shape index (κ2) is 5.13. The van der Waals surface area contributed by atoms with E-state index in [-0.39, 0.29) is 5.57 Å². The highest BCUT2D eigenvalue weighted by Crippen LogP contribution is 2.17. The maximum Gasteiger partial charge on any atom is 0.158 e. The average Bonchev–Trinajstić information content (AvgIpc) is 2.34. The minimum Gasteiger partial charge on any atom is -0.258 e. The van der Waals surface area contributed by atoms with Crippen molar-refractivity contribution in [2.24, 2.45) is 0 Å². The summed E-state index contributed by atoms with van der Waals surface area (Å²) < 4.78 is 0. The predicted octanol–water partition coefficient (Wildman–Crippen LogP) is 1.97. The minimum absolute atomic E-state index is 0.122. The number of hydrogen-bond acceptors (Lipinski definition) is 4. The maximum absolute atomic E-state index is 8.68. The summed E-state index contributed by atoms with van der Waals surface area (Å²) >= 11 is 0. The highest BCUT2D eigenvalue weighted by atomic mass is 14.3. The van der Waals surface area contributed by atoms with E-state index in [1.165, 1.54) is 0 Å². The molecule has 0 radical (unpaired) electrons. The van der Waals surface area contributed by atoms with Crippen LogP contribution in [0, 0.1) is 39.4 Å². The van der Waals surface area contributed by atoms with Gasteiger partial charge in [0, 0.05) is 5.56 Å². The Morgan fingerprint density at radius 3 is 2.00 bits per heavy atom. The lowest BCUT2D eigenvalue weighted by atomic mass is 9.99. The van der Waals surface area contributed by atoms with Crippen molar-refractivity contribution in [1.29, 1.82) is 21.2 Å². The van der Waals surface area contributed by atoms with Gasteiger partial charge >= 0.3 is 0 Å². The molecule has 0 bridgehead atoms. The molecule has 1 N–H and O–H groups in total. The molecule has 4 nitrogen and oxygen atoms in total. The molecule has 0 spiro atoms. The van der Waals surface area contributed by atoms with Gasteiger partial charge in [-0.15, -0.1) is 0 Å². The van der Waals surface area contributed by atoms with Crippen molar-refractivity contribution in [3.8, 4) is 18.2 Å². The molecule has 0 aliphatic carbocycles. The third kappa shape index (κ3) is 2.14. The summed E-state index contributed by atoms with van der Waals surface area (Å²) in [7, 11) is 0. The molecule has 0 aliphatic rings. The van der Waals surface area contributed by atoms with Gasteiger partial charge in [0.25, 0.3) is 0 Å². The number of hydrogen-bond donors (Lipinski definition) is 1. The van der Waals surface area contributed by atoms with Crippen LogP contribution in [0.1, 0.15) is 17.0 Å². The maximum atomic E-state index is 8.68. The Morgan fingerprint density at radius 1 is 1.06 bits per heavy atom. The molecule has 0 amide bonds. The fraction of sp³-hybridized carbons (Fsp3) is 0.0833. The van der Waals surface area contributed by atoms with Gasteiger partial charge in [0.2, 0.25) is 0 Å². The molecule has 1 rings (SSSR count). The lowest BCUT2D eigenvalue weighted by molar-refractivity contribution is 1.10. The normalized spacial score (nSPS) is 8.38. The van der Waals surface area contributed by atoms with Crippen molar-refractivity contribution in [1.82, 2.24) is 0 Å². The molecular weight excluding hydrogens is 200 g/mol. The summed E-state index contributed by atoms with van der Waals surface area (Å²) in [5.41, 5.74) is 1.25. The van der Waals surface area contributed by atoms with Gasteiger partial charge in [0.1, 0.15) is 11.6 Å². The Balaban J connectivity index is 3.12. The SMILES string of the molecule is N#CC(=C=N)c1ccc(C(C#N)C#N)cc1. The fourth-order valence-electron chi connectivity index (χ4n) is 1.18. The van der Waals surface area contributed by atoms with Gasteiger partial charge in [-0.25, -0.2) is 0 Å². The lowest BCUT2D eigenvalue weighted by Crippen LogP contribution is -1.92. The van der Waals surface area contributed by atoms with E-state index in [9.17, 15) is 0 Å². The molecule has 0 fully saturated rings. The van der Waals surface area contributed by atoms with Crippen molar-refractivity contribution in [2.45, 2.75) is 5.92 Å². The molecular formula is C12H6N4. The molecule has 1 aromatic rings. The smallest absolute Gasteiger partial charge is 0.158 e. The van der Waals surface area contributed by atoms with E-state index in [0.717, 1.165) is 0 Å². The summed E-state index contributed by atoms with van der Waals surface area (Å²) in [6, 6.07) is 11.9. The number of rotatable bonds is 2. The third-order valence-electron chi connectivity index (χ3n) is 2.03. The zero-order valence-electron chi connectivity index (χ0n) is 8.23. The summed E-state index contributed by atoms with van der Waals surface area (Å²) in [5, 5.41) is 32.9. The standard InChI is InChI=1S/C12H6N4/c13-5-11(6-14)9-1-2-10(4-3-9)12(7-15)8-16/h1-4,11,15H. The molecule has 0 saturated heterocycles. The van der Waals surface area contributed by atoms with E-state index in [0.29, 0.717) is 11.1 Å². The highest BCUT2D eigenvalue weighted by molar-refractivity contribution is 5.96. The van der Waals surface area contributed by atoms with Crippen LogP contribution in [-0.4, -0.2) is 5.87 Å². The summed E-state index contributed by atoms with van der Waals surface area (Å²) in [4.78, 5) is 0. The zero-order valence-corrected chi connectivity index (χ0v) is 8.23. The molecule has 1 aromatic carbocycles. The predicted molar refractivity (Wildman–Crippen MR) is 57.2 cm³/mol. The molecule has 0 aromatic heterocycles. The van der Waals surface area contributed by atoms with Gasteiger partial charge in [0.15, 0.2) is 5.92 Å². The van der Waals surface area contributed by atoms with E-state index in [2.05, 4.69) is 0 Å². The second-order valence-corrected chi connectivity index (χ2v) is 2.93. The van der Waals surface area contributed by atoms with Crippen molar-refractivity contribution >= 4 is 11.4 Å². The van der Waals surface area contributed by atoms with Crippen LogP contribution >= 0.6 is 0 Å². The first kappa shape index (κ1) is 11.2.